The van der Waals surface area contributed by atoms with E-state index in [0.717, 1.165) is 0 Å². The maximum absolute atomic E-state index is 11.3. The second-order valence-electron chi connectivity index (χ2n) is 4.82. The van der Waals surface area contributed by atoms with E-state index < -0.39 is 17.8 Å². The third kappa shape index (κ3) is 9.50. The molecule has 2 amide bonds. The molecule has 0 aromatic heterocycles. The number of amides is 2. The van der Waals surface area contributed by atoms with Crippen LogP contribution >= 0.6 is 0 Å². The van der Waals surface area contributed by atoms with Gasteiger partial charge in [0.15, 0.2) is 0 Å². The highest BCUT2D eigenvalue weighted by atomic mass is 16.6. The van der Waals surface area contributed by atoms with Crippen molar-refractivity contribution in [3.63, 3.8) is 0 Å². The van der Waals surface area contributed by atoms with E-state index in [1.54, 1.807) is 27.7 Å². The van der Waals surface area contributed by atoms with E-state index in [1.807, 2.05) is 0 Å². The van der Waals surface area contributed by atoms with Gasteiger partial charge in [-0.2, -0.15) is 0 Å². The van der Waals surface area contributed by atoms with Crippen LogP contribution < -0.4 is 10.6 Å². The maximum Gasteiger partial charge on any atom is 0.407 e. The first-order valence-electron chi connectivity index (χ1n) is 5.75. The molecule has 6 heteroatoms. The van der Waals surface area contributed by atoms with Crippen LogP contribution in [0.3, 0.4) is 0 Å². The van der Waals surface area contributed by atoms with Crippen molar-refractivity contribution in [1.82, 2.24) is 10.6 Å². The first-order valence-corrected chi connectivity index (χ1v) is 5.75. The highest BCUT2D eigenvalue weighted by Crippen LogP contribution is 2.06. The molecular weight excluding hydrogens is 236 g/mol. The monoisotopic (exact) mass is 258 g/mol. The standard InChI is InChI=1S/C12H22N2O4/c1-6-7-17-11(16)14-9(2)8-13-10(15)18-12(3,4)5/h6,9H,1,7-8H2,2-5H3,(H,13,15)(H,14,16). The average molecular weight is 258 g/mol. The molecule has 1 unspecified atom stereocenters. The Morgan fingerprint density at radius 1 is 1.33 bits per heavy atom. The molecule has 0 fully saturated rings. The lowest BCUT2D eigenvalue weighted by atomic mass is 10.2. The van der Waals surface area contributed by atoms with Gasteiger partial charge in [0.1, 0.15) is 12.2 Å². The fourth-order valence-corrected chi connectivity index (χ4v) is 0.979. The molecule has 0 aromatic rings. The van der Waals surface area contributed by atoms with Gasteiger partial charge in [-0.3, -0.25) is 0 Å². The first-order chi connectivity index (χ1) is 8.24. The Morgan fingerprint density at radius 3 is 2.44 bits per heavy atom. The van der Waals surface area contributed by atoms with Gasteiger partial charge >= 0.3 is 12.2 Å². The summed E-state index contributed by atoms with van der Waals surface area (Å²) in [5, 5.41) is 5.10. The molecule has 0 aliphatic heterocycles. The van der Waals surface area contributed by atoms with Gasteiger partial charge in [-0.05, 0) is 27.7 Å². The van der Waals surface area contributed by atoms with Gasteiger partial charge in [0.05, 0.1) is 0 Å². The van der Waals surface area contributed by atoms with Gasteiger partial charge in [0.2, 0.25) is 0 Å². The molecule has 18 heavy (non-hydrogen) atoms. The Labute approximate surface area is 108 Å². The molecule has 0 aliphatic rings. The SMILES string of the molecule is C=CCOC(=O)NC(C)CNC(=O)OC(C)(C)C. The third-order valence-corrected chi connectivity index (χ3v) is 1.65. The average Bonchev–Trinajstić information content (AvgIpc) is 2.21. The molecule has 0 bridgehead atoms. The minimum atomic E-state index is -0.548. The van der Waals surface area contributed by atoms with E-state index in [-0.39, 0.29) is 19.2 Å². The summed E-state index contributed by atoms with van der Waals surface area (Å²) < 4.78 is 9.79. The van der Waals surface area contributed by atoms with Gasteiger partial charge in [0, 0.05) is 12.6 Å². The van der Waals surface area contributed by atoms with Crippen LogP contribution in [-0.2, 0) is 9.47 Å². The highest BCUT2D eigenvalue weighted by Gasteiger charge is 2.16. The number of rotatable bonds is 5. The Balaban J connectivity index is 3.82. The van der Waals surface area contributed by atoms with E-state index in [2.05, 4.69) is 17.2 Å². The quantitative estimate of drug-likeness (QED) is 0.737. The number of nitrogens with one attached hydrogen (secondary N) is 2. The molecular formula is C12H22N2O4. The van der Waals surface area contributed by atoms with Gasteiger partial charge in [-0.25, -0.2) is 9.59 Å². The van der Waals surface area contributed by atoms with Crippen molar-refractivity contribution >= 4 is 12.2 Å². The molecule has 0 saturated carbocycles. The number of hydrogen-bond acceptors (Lipinski definition) is 4. The van der Waals surface area contributed by atoms with Crippen molar-refractivity contribution in [1.29, 1.82) is 0 Å². The summed E-state index contributed by atoms with van der Waals surface area (Å²) in [7, 11) is 0. The van der Waals surface area contributed by atoms with Gasteiger partial charge in [-0.1, -0.05) is 12.7 Å². The van der Waals surface area contributed by atoms with Crippen molar-refractivity contribution in [3.05, 3.63) is 12.7 Å². The molecule has 0 saturated heterocycles. The normalized spacial score (nSPS) is 12.2. The summed E-state index contributed by atoms with van der Waals surface area (Å²) in [6.45, 7) is 10.9. The predicted octanol–water partition coefficient (Wildman–Crippen LogP) is 1.81. The molecule has 0 rings (SSSR count). The molecule has 0 heterocycles. The number of carbonyl (C=O) groups is 2. The van der Waals surface area contributed by atoms with Crippen molar-refractivity contribution < 1.29 is 19.1 Å². The van der Waals surface area contributed by atoms with Gasteiger partial charge < -0.3 is 20.1 Å². The maximum atomic E-state index is 11.3. The molecule has 0 aliphatic carbocycles. The first kappa shape index (κ1) is 16.3. The minimum Gasteiger partial charge on any atom is -0.445 e. The van der Waals surface area contributed by atoms with Crippen molar-refractivity contribution in [3.8, 4) is 0 Å². The number of carbonyl (C=O) groups excluding carboxylic acids is 2. The van der Waals surface area contributed by atoms with E-state index in [4.69, 9.17) is 9.47 Å². The van der Waals surface area contributed by atoms with Crippen LogP contribution in [0.4, 0.5) is 9.59 Å². The van der Waals surface area contributed by atoms with Crippen molar-refractivity contribution in [2.24, 2.45) is 0 Å². The third-order valence-electron chi connectivity index (χ3n) is 1.65. The zero-order valence-electron chi connectivity index (χ0n) is 11.4. The molecule has 6 nitrogen and oxygen atoms in total. The Hall–Kier alpha value is -1.72. The second-order valence-corrected chi connectivity index (χ2v) is 4.82. The lowest BCUT2D eigenvalue weighted by Gasteiger charge is -2.21. The lowest BCUT2D eigenvalue weighted by molar-refractivity contribution is 0.0522. The zero-order valence-corrected chi connectivity index (χ0v) is 11.4. The summed E-state index contributed by atoms with van der Waals surface area (Å²) in [4.78, 5) is 22.5. The van der Waals surface area contributed by atoms with Crippen molar-refractivity contribution in [2.45, 2.75) is 39.3 Å². The van der Waals surface area contributed by atoms with Gasteiger partial charge in [0.25, 0.3) is 0 Å². The summed E-state index contributed by atoms with van der Waals surface area (Å²) in [6.07, 6.45) is 0.410. The van der Waals surface area contributed by atoms with Crippen LogP contribution in [0.1, 0.15) is 27.7 Å². The van der Waals surface area contributed by atoms with Crippen molar-refractivity contribution in [2.75, 3.05) is 13.2 Å². The molecule has 0 radical (unpaired) electrons. The van der Waals surface area contributed by atoms with Gasteiger partial charge in [-0.15, -0.1) is 0 Å². The van der Waals surface area contributed by atoms with Crippen LogP contribution in [0.15, 0.2) is 12.7 Å². The summed E-state index contributed by atoms with van der Waals surface area (Å²) >= 11 is 0. The summed E-state index contributed by atoms with van der Waals surface area (Å²) in [6, 6.07) is -0.255. The minimum absolute atomic E-state index is 0.151. The van der Waals surface area contributed by atoms with E-state index in [0.29, 0.717) is 0 Å². The topological polar surface area (TPSA) is 76.7 Å². The van der Waals surface area contributed by atoms with Crippen LogP contribution in [0, 0.1) is 0 Å². The number of alkyl carbamates (subject to hydrolysis) is 2. The highest BCUT2D eigenvalue weighted by molar-refractivity contribution is 5.69. The fourth-order valence-electron chi connectivity index (χ4n) is 0.979. The molecule has 1 atom stereocenters. The fraction of sp³-hybridized carbons (Fsp3) is 0.667. The number of ether oxygens (including phenoxy) is 2. The van der Waals surface area contributed by atoms with Crippen LogP contribution in [0.25, 0.3) is 0 Å². The summed E-state index contributed by atoms with van der Waals surface area (Å²) in [5.41, 5.74) is -0.538. The predicted molar refractivity (Wildman–Crippen MR) is 68.4 cm³/mol. The van der Waals surface area contributed by atoms with Crippen LogP contribution in [-0.4, -0.2) is 37.0 Å². The lowest BCUT2D eigenvalue weighted by Crippen LogP contribution is -2.43. The van der Waals surface area contributed by atoms with E-state index in [9.17, 15) is 9.59 Å². The van der Waals surface area contributed by atoms with Crippen LogP contribution in [0.2, 0.25) is 0 Å². The zero-order chi connectivity index (χ0) is 14.2. The second kappa shape index (κ2) is 7.58. The summed E-state index contributed by atoms with van der Waals surface area (Å²) in [5.74, 6) is 0. The molecule has 0 spiro atoms. The molecule has 0 aromatic carbocycles. The van der Waals surface area contributed by atoms with E-state index in [1.165, 1.54) is 6.08 Å². The Bertz CT molecular complexity index is 297. The largest absolute Gasteiger partial charge is 0.445 e. The van der Waals surface area contributed by atoms with E-state index >= 15 is 0 Å². The smallest absolute Gasteiger partial charge is 0.407 e. The molecule has 2 N–H and O–H groups in total. The number of hydrogen-bond donors (Lipinski definition) is 2. The van der Waals surface area contributed by atoms with Crippen LogP contribution in [0.5, 0.6) is 0 Å². The Kier molecular flexibility index (Phi) is 6.85. The molecule has 104 valence electrons. The Morgan fingerprint density at radius 2 is 1.94 bits per heavy atom.